The fourth-order valence-electron chi connectivity index (χ4n) is 3.59. The van der Waals surface area contributed by atoms with Gasteiger partial charge < -0.3 is 15.0 Å². The molecule has 1 aliphatic rings. The summed E-state index contributed by atoms with van der Waals surface area (Å²) in [5, 5.41) is 3.16. The van der Waals surface area contributed by atoms with E-state index in [1.54, 1.807) is 0 Å². The summed E-state index contributed by atoms with van der Waals surface area (Å²) in [6.45, 7) is 9.53. The summed E-state index contributed by atoms with van der Waals surface area (Å²) in [5.74, 6) is 1.28. The molecule has 0 aliphatic carbocycles. The molecule has 1 fully saturated rings. The van der Waals surface area contributed by atoms with Crippen LogP contribution < -0.4 is 10.1 Å². The molecule has 28 heavy (non-hydrogen) atoms. The van der Waals surface area contributed by atoms with Crippen molar-refractivity contribution in [3.63, 3.8) is 0 Å². The predicted octanol–water partition coefficient (Wildman–Crippen LogP) is 3.95. The first-order valence-electron chi connectivity index (χ1n) is 10.7. The first-order valence-corrected chi connectivity index (χ1v) is 10.7. The van der Waals surface area contributed by atoms with Crippen LogP contribution in [-0.4, -0.2) is 41.9 Å². The molecule has 2 amide bonds. The van der Waals surface area contributed by atoms with Gasteiger partial charge in [-0.2, -0.15) is 0 Å². The number of likely N-dealkylation sites (tertiary alicyclic amines) is 1. The third-order valence-electron chi connectivity index (χ3n) is 5.23. The molecule has 1 aromatic carbocycles. The largest absolute Gasteiger partial charge is 0.491 e. The van der Waals surface area contributed by atoms with Crippen molar-refractivity contribution in [1.82, 2.24) is 10.2 Å². The number of rotatable bonds is 9. The van der Waals surface area contributed by atoms with E-state index in [9.17, 15) is 9.59 Å². The Hall–Kier alpha value is -2.04. The number of benzene rings is 1. The van der Waals surface area contributed by atoms with Crippen LogP contribution in [0.15, 0.2) is 24.3 Å². The molecule has 1 N–H and O–H groups in total. The molecular formula is C23H36N2O3. The van der Waals surface area contributed by atoms with E-state index in [1.165, 1.54) is 5.56 Å². The highest BCUT2D eigenvalue weighted by Gasteiger charge is 2.27. The van der Waals surface area contributed by atoms with E-state index in [4.69, 9.17) is 4.74 Å². The van der Waals surface area contributed by atoms with Crippen LogP contribution in [0.1, 0.15) is 65.4 Å². The van der Waals surface area contributed by atoms with Gasteiger partial charge in [0.1, 0.15) is 5.75 Å². The molecule has 5 heteroatoms. The van der Waals surface area contributed by atoms with E-state index in [2.05, 4.69) is 24.4 Å². The summed E-state index contributed by atoms with van der Waals surface area (Å²) in [7, 11) is 0. The topological polar surface area (TPSA) is 58.6 Å². The smallest absolute Gasteiger partial charge is 0.223 e. The molecule has 1 aliphatic heterocycles. The lowest BCUT2D eigenvalue weighted by Crippen LogP contribution is -2.44. The average Bonchev–Trinajstić information content (AvgIpc) is 2.67. The lowest BCUT2D eigenvalue weighted by Gasteiger charge is -2.32. The third kappa shape index (κ3) is 7.17. The Balaban J connectivity index is 1.70. The van der Waals surface area contributed by atoms with Crippen molar-refractivity contribution in [2.24, 2.45) is 5.92 Å². The second kappa shape index (κ2) is 11.1. The zero-order valence-electron chi connectivity index (χ0n) is 17.9. The van der Waals surface area contributed by atoms with Crippen molar-refractivity contribution < 1.29 is 14.3 Å². The molecule has 1 atom stereocenters. The normalized spacial score (nSPS) is 16.1. The summed E-state index contributed by atoms with van der Waals surface area (Å²) < 4.78 is 5.67. The highest BCUT2D eigenvalue weighted by Crippen LogP contribution is 2.19. The number of aryl methyl sites for hydroxylation is 1. The number of nitrogens with zero attached hydrogens (tertiary/aromatic N) is 1. The molecule has 0 saturated carbocycles. The number of nitrogens with one attached hydrogen (secondary N) is 1. The highest BCUT2D eigenvalue weighted by atomic mass is 16.5. The van der Waals surface area contributed by atoms with Crippen LogP contribution in [0.25, 0.3) is 0 Å². The molecule has 1 unspecified atom stereocenters. The first kappa shape index (κ1) is 22.3. The van der Waals surface area contributed by atoms with Crippen molar-refractivity contribution in [2.45, 2.75) is 78.4 Å². The maximum atomic E-state index is 12.5. The molecule has 2 rings (SSSR count). The van der Waals surface area contributed by atoms with Gasteiger partial charge in [0.25, 0.3) is 0 Å². The molecule has 156 valence electrons. The van der Waals surface area contributed by atoms with Gasteiger partial charge in [-0.15, -0.1) is 0 Å². The summed E-state index contributed by atoms with van der Waals surface area (Å²) in [5.41, 5.74) is 1.25. The molecule has 1 saturated heterocycles. The van der Waals surface area contributed by atoms with E-state index in [0.717, 1.165) is 37.9 Å². The van der Waals surface area contributed by atoms with E-state index < -0.39 is 0 Å². The summed E-state index contributed by atoms with van der Waals surface area (Å²) >= 11 is 0. The Morgan fingerprint density at radius 1 is 1.14 bits per heavy atom. The van der Waals surface area contributed by atoms with Gasteiger partial charge in [0.2, 0.25) is 11.8 Å². The third-order valence-corrected chi connectivity index (χ3v) is 5.23. The molecule has 0 bridgehead atoms. The fraction of sp³-hybridized carbons (Fsp3) is 0.652. The Morgan fingerprint density at radius 2 is 1.79 bits per heavy atom. The van der Waals surface area contributed by atoms with Gasteiger partial charge in [0.15, 0.2) is 0 Å². The summed E-state index contributed by atoms with van der Waals surface area (Å²) in [6, 6.07) is 8.34. The van der Waals surface area contributed by atoms with Gasteiger partial charge in [-0.05, 0) is 70.6 Å². The van der Waals surface area contributed by atoms with Crippen LogP contribution in [0.5, 0.6) is 5.75 Å². The SMILES string of the molecule is CCCC(=O)N1CCC(C(=O)NC(C)CCc2ccc(OC(C)C)cc2)CC1. The molecule has 5 nitrogen and oxygen atoms in total. The van der Waals surface area contributed by atoms with Crippen molar-refractivity contribution in [3.05, 3.63) is 29.8 Å². The van der Waals surface area contributed by atoms with Gasteiger partial charge in [0.05, 0.1) is 6.10 Å². The standard InChI is InChI=1S/C23H36N2O3/c1-5-6-22(26)25-15-13-20(14-16-25)23(27)24-18(4)7-8-19-9-11-21(12-10-19)28-17(2)3/h9-12,17-18,20H,5-8,13-16H2,1-4H3,(H,24,27). The molecule has 0 radical (unpaired) electrons. The van der Waals surface area contributed by atoms with Crippen LogP contribution in [0.2, 0.25) is 0 Å². The minimum absolute atomic E-state index is 0.0283. The lowest BCUT2D eigenvalue weighted by molar-refractivity contribution is -0.135. The molecule has 0 spiro atoms. The summed E-state index contributed by atoms with van der Waals surface area (Å²) in [6.07, 6.45) is 5.04. The second-order valence-electron chi connectivity index (χ2n) is 8.16. The monoisotopic (exact) mass is 388 g/mol. The highest BCUT2D eigenvalue weighted by molar-refractivity contribution is 5.80. The van der Waals surface area contributed by atoms with Gasteiger partial charge in [-0.3, -0.25) is 9.59 Å². The van der Waals surface area contributed by atoms with Gasteiger partial charge in [-0.1, -0.05) is 19.1 Å². The number of hydrogen-bond donors (Lipinski definition) is 1. The number of hydrogen-bond acceptors (Lipinski definition) is 3. The van der Waals surface area contributed by atoms with E-state index >= 15 is 0 Å². The van der Waals surface area contributed by atoms with Crippen molar-refractivity contribution >= 4 is 11.8 Å². The minimum Gasteiger partial charge on any atom is -0.491 e. The van der Waals surface area contributed by atoms with Gasteiger partial charge in [0, 0.05) is 31.5 Å². The van der Waals surface area contributed by atoms with E-state index in [1.807, 2.05) is 37.8 Å². The maximum absolute atomic E-state index is 12.5. The molecule has 0 aromatic heterocycles. The zero-order chi connectivity index (χ0) is 20.5. The first-order chi connectivity index (χ1) is 13.4. The quantitative estimate of drug-likeness (QED) is 0.697. The van der Waals surface area contributed by atoms with Crippen LogP contribution in [0.4, 0.5) is 0 Å². The van der Waals surface area contributed by atoms with E-state index in [-0.39, 0.29) is 29.9 Å². The Kier molecular flexibility index (Phi) is 8.81. The second-order valence-corrected chi connectivity index (χ2v) is 8.16. The predicted molar refractivity (Wildman–Crippen MR) is 112 cm³/mol. The minimum atomic E-state index is 0.0283. The number of amides is 2. The zero-order valence-corrected chi connectivity index (χ0v) is 17.9. The van der Waals surface area contributed by atoms with Crippen LogP contribution in [0.3, 0.4) is 0 Å². The van der Waals surface area contributed by atoms with Crippen LogP contribution in [-0.2, 0) is 16.0 Å². The Labute approximate surface area is 169 Å². The Morgan fingerprint density at radius 3 is 2.36 bits per heavy atom. The number of piperidine rings is 1. The lowest BCUT2D eigenvalue weighted by atomic mass is 9.95. The van der Waals surface area contributed by atoms with Crippen molar-refractivity contribution in [2.75, 3.05) is 13.1 Å². The average molecular weight is 389 g/mol. The van der Waals surface area contributed by atoms with Gasteiger partial charge in [-0.25, -0.2) is 0 Å². The maximum Gasteiger partial charge on any atom is 0.223 e. The number of ether oxygens (including phenoxy) is 1. The molecule has 1 heterocycles. The van der Waals surface area contributed by atoms with Gasteiger partial charge >= 0.3 is 0 Å². The van der Waals surface area contributed by atoms with E-state index in [0.29, 0.717) is 19.5 Å². The summed E-state index contributed by atoms with van der Waals surface area (Å²) in [4.78, 5) is 26.4. The number of carbonyl (C=O) groups is 2. The van der Waals surface area contributed by atoms with Crippen molar-refractivity contribution in [3.8, 4) is 5.75 Å². The van der Waals surface area contributed by atoms with Crippen LogP contribution >= 0.6 is 0 Å². The molecule has 1 aromatic rings. The van der Waals surface area contributed by atoms with Crippen molar-refractivity contribution in [1.29, 1.82) is 0 Å². The number of carbonyl (C=O) groups excluding carboxylic acids is 2. The van der Waals surface area contributed by atoms with Crippen LogP contribution in [0, 0.1) is 5.92 Å². The Bertz CT molecular complexity index is 619. The molecular weight excluding hydrogens is 352 g/mol. The fourth-order valence-corrected chi connectivity index (χ4v) is 3.59.